The summed E-state index contributed by atoms with van der Waals surface area (Å²) in [7, 11) is 0. The molecule has 0 heterocycles. The Kier molecular flexibility index (Phi) is 2.38. The second kappa shape index (κ2) is 3.34. The fourth-order valence-corrected chi connectivity index (χ4v) is 3.24. The minimum absolute atomic E-state index is 0.162. The van der Waals surface area contributed by atoms with Crippen molar-refractivity contribution in [2.45, 2.75) is 44.4 Å². The van der Waals surface area contributed by atoms with Crippen LogP contribution in [0.25, 0.3) is 0 Å². The highest BCUT2D eigenvalue weighted by Gasteiger charge is 2.43. The van der Waals surface area contributed by atoms with Crippen molar-refractivity contribution < 1.29 is 5.11 Å². The average Bonchev–Trinajstić information content (AvgIpc) is 2.36. The van der Waals surface area contributed by atoms with Gasteiger partial charge in [-0.25, -0.2) is 0 Å². The molecule has 0 aromatic heterocycles. The van der Waals surface area contributed by atoms with Crippen LogP contribution in [0.5, 0.6) is 0 Å². The maximum absolute atomic E-state index is 9.19. The van der Waals surface area contributed by atoms with Gasteiger partial charge in [-0.15, -0.1) is 0 Å². The zero-order valence-electron chi connectivity index (χ0n) is 9.88. The Morgan fingerprint density at radius 3 is 2.33 bits per heavy atom. The molecule has 1 aliphatic rings. The lowest BCUT2D eigenvalue weighted by molar-refractivity contribution is 0.232. The molecule has 1 heteroatoms. The Hall–Kier alpha value is -0.820. The summed E-state index contributed by atoms with van der Waals surface area (Å²) in [5.74, 6) is 0. The summed E-state index contributed by atoms with van der Waals surface area (Å²) >= 11 is 0. The van der Waals surface area contributed by atoms with Gasteiger partial charge in [-0.3, -0.25) is 0 Å². The number of hydrogen-bond donors (Lipinski definition) is 1. The summed E-state index contributed by atoms with van der Waals surface area (Å²) in [5.41, 5.74) is 3.31. The van der Waals surface area contributed by atoms with E-state index >= 15 is 0 Å². The summed E-state index contributed by atoms with van der Waals surface area (Å²) < 4.78 is 0. The summed E-state index contributed by atoms with van der Waals surface area (Å²) in [6, 6.07) is 8.68. The van der Waals surface area contributed by atoms with Crippen LogP contribution in [0.4, 0.5) is 0 Å². The van der Waals surface area contributed by atoms with Gasteiger partial charge in [0.1, 0.15) is 0 Å². The van der Waals surface area contributed by atoms with Crippen LogP contribution in [0, 0.1) is 0 Å². The third kappa shape index (κ3) is 1.59. The predicted octanol–water partition coefficient (Wildman–Crippen LogP) is 3.01. The highest BCUT2D eigenvalue weighted by Crippen LogP contribution is 2.50. The first-order chi connectivity index (χ1) is 6.99. The number of rotatable bonds is 2. The summed E-state index contributed by atoms with van der Waals surface area (Å²) in [5, 5.41) is 9.19. The normalized spacial score (nSPS) is 27.7. The van der Waals surface area contributed by atoms with Crippen molar-refractivity contribution in [1.29, 1.82) is 0 Å². The number of aliphatic hydroxyl groups is 1. The smallest absolute Gasteiger partial charge is 0.0439 e. The number of hydrogen-bond acceptors (Lipinski definition) is 1. The summed E-state index contributed by atoms with van der Waals surface area (Å²) in [4.78, 5) is 0. The Labute approximate surface area is 92.1 Å². The number of fused-ring (bicyclic) bond motifs is 1. The van der Waals surface area contributed by atoms with Crippen molar-refractivity contribution in [2.75, 3.05) is 6.61 Å². The Morgan fingerprint density at radius 2 is 1.73 bits per heavy atom. The molecule has 15 heavy (non-hydrogen) atoms. The van der Waals surface area contributed by atoms with E-state index in [0.29, 0.717) is 0 Å². The summed E-state index contributed by atoms with van der Waals surface area (Å²) in [6.45, 7) is 7.15. The Morgan fingerprint density at radius 1 is 1.13 bits per heavy atom. The first kappa shape index (κ1) is 10.7. The molecule has 1 aromatic carbocycles. The van der Waals surface area contributed by atoms with Crippen LogP contribution in [-0.2, 0) is 10.8 Å². The highest BCUT2D eigenvalue weighted by molar-refractivity contribution is 5.44. The van der Waals surface area contributed by atoms with Gasteiger partial charge in [0.05, 0.1) is 0 Å². The van der Waals surface area contributed by atoms with Crippen molar-refractivity contribution >= 4 is 0 Å². The standard InChI is InChI=1S/C14H20O/c1-13(2)10-14(3,8-9-15)12-7-5-4-6-11(12)13/h4-7,15H,8-10H2,1-3H3. The quantitative estimate of drug-likeness (QED) is 0.785. The van der Waals surface area contributed by atoms with Gasteiger partial charge in [-0.05, 0) is 34.8 Å². The molecule has 0 bridgehead atoms. The van der Waals surface area contributed by atoms with Gasteiger partial charge in [0, 0.05) is 6.61 Å². The van der Waals surface area contributed by atoms with Crippen molar-refractivity contribution in [1.82, 2.24) is 0 Å². The van der Waals surface area contributed by atoms with Gasteiger partial charge >= 0.3 is 0 Å². The van der Waals surface area contributed by atoms with Gasteiger partial charge < -0.3 is 5.11 Å². The van der Waals surface area contributed by atoms with E-state index in [-0.39, 0.29) is 17.4 Å². The van der Waals surface area contributed by atoms with E-state index in [0.717, 1.165) is 12.8 Å². The van der Waals surface area contributed by atoms with E-state index in [9.17, 15) is 5.11 Å². The lowest BCUT2D eigenvalue weighted by atomic mass is 9.78. The zero-order chi connectivity index (χ0) is 11.1. The molecular weight excluding hydrogens is 184 g/mol. The lowest BCUT2D eigenvalue weighted by Gasteiger charge is -2.26. The van der Waals surface area contributed by atoms with Gasteiger partial charge in [-0.2, -0.15) is 0 Å². The van der Waals surface area contributed by atoms with Crippen molar-refractivity contribution in [3.63, 3.8) is 0 Å². The molecule has 82 valence electrons. The number of aliphatic hydroxyl groups excluding tert-OH is 1. The van der Waals surface area contributed by atoms with Gasteiger partial charge in [0.2, 0.25) is 0 Å². The van der Waals surface area contributed by atoms with E-state index in [1.54, 1.807) is 0 Å². The van der Waals surface area contributed by atoms with Crippen LogP contribution >= 0.6 is 0 Å². The van der Waals surface area contributed by atoms with E-state index in [4.69, 9.17) is 0 Å². The SMILES string of the molecule is CC1(C)CC(C)(CCO)c2ccccc21. The maximum Gasteiger partial charge on any atom is 0.0439 e. The zero-order valence-corrected chi connectivity index (χ0v) is 9.88. The fourth-order valence-electron chi connectivity index (χ4n) is 3.24. The minimum atomic E-state index is 0.162. The monoisotopic (exact) mass is 204 g/mol. The topological polar surface area (TPSA) is 20.2 Å². The van der Waals surface area contributed by atoms with Crippen molar-refractivity contribution in [3.8, 4) is 0 Å². The molecule has 1 nitrogen and oxygen atoms in total. The van der Waals surface area contributed by atoms with Gasteiger partial charge in [0.15, 0.2) is 0 Å². The number of benzene rings is 1. The van der Waals surface area contributed by atoms with Crippen LogP contribution in [0.3, 0.4) is 0 Å². The molecular formula is C14H20O. The molecule has 1 aromatic rings. The third-order valence-electron chi connectivity index (χ3n) is 3.80. The van der Waals surface area contributed by atoms with Crippen LogP contribution in [0.1, 0.15) is 44.7 Å². The van der Waals surface area contributed by atoms with E-state index in [1.165, 1.54) is 11.1 Å². The van der Waals surface area contributed by atoms with E-state index in [1.807, 2.05) is 0 Å². The Bertz CT molecular complexity index is 367. The third-order valence-corrected chi connectivity index (χ3v) is 3.80. The molecule has 2 rings (SSSR count). The van der Waals surface area contributed by atoms with Crippen molar-refractivity contribution in [3.05, 3.63) is 35.4 Å². The van der Waals surface area contributed by atoms with Gasteiger partial charge in [-0.1, -0.05) is 45.0 Å². The maximum atomic E-state index is 9.19. The molecule has 1 unspecified atom stereocenters. The summed E-state index contributed by atoms with van der Waals surface area (Å²) in [6.07, 6.45) is 2.01. The molecule has 0 saturated heterocycles. The lowest BCUT2D eigenvalue weighted by Crippen LogP contribution is -2.23. The highest BCUT2D eigenvalue weighted by atomic mass is 16.3. The molecule has 0 spiro atoms. The second-order valence-corrected chi connectivity index (χ2v) is 5.64. The molecule has 0 amide bonds. The minimum Gasteiger partial charge on any atom is -0.396 e. The molecule has 1 atom stereocenters. The molecule has 0 radical (unpaired) electrons. The van der Waals surface area contributed by atoms with Crippen molar-refractivity contribution in [2.24, 2.45) is 0 Å². The van der Waals surface area contributed by atoms with E-state index < -0.39 is 0 Å². The largest absolute Gasteiger partial charge is 0.396 e. The second-order valence-electron chi connectivity index (χ2n) is 5.64. The molecule has 0 fully saturated rings. The molecule has 1 aliphatic carbocycles. The molecule has 0 aliphatic heterocycles. The molecule has 0 saturated carbocycles. The average molecular weight is 204 g/mol. The van der Waals surface area contributed by atoms with Crippen LogP contribution in [-0.4, -0.2) is 11.7 Å². The Balaban J connectivity index is 2.51. The van der Waals surface area contributed by atoms with Crippen LogP contribution in [0.15, 0.2) is 24.3 Å². The molecule has 1 N–H and O–H groups in total. The first-order valence-electron chi connectivity index (χ1n) is 5.70. The fraction of sp³-hybridized carbons (Fsp3) is 0.571. The van der Waals surface area contributed by atoms with E-state index in [2.05, 4.69) is 45.0 Å². The first-order valence-corrected chi connectivity index (χ1v) is 5.70. The van der Waals surface area contributed by atoms with Crippen LogP contribution < -0.4 is 0 Å². The predicted molar refractivity (Wildman–Crippen MR) is 63.1 cm³/mol. The van der Waals surface area contributed by atoms with Gasteiger partial charge in [0.25, 0.3) is 0 Å². The van der Waals surface area contributed by atoms with Crippen LogP contribution in [0.2, 0.25) is 0 Å².